The molecule has 0 saturated heterocycles. The molecule has 2 rings (SSSR count). The van der Waals surface area contributed by atoms with Crippen molar-refractivity contribution in [1.82, 2.24) is 10.2 Å². The molecule has 0 spiro atoms. The minimum absolute atomic E-state index is 0.184. The molecule has 0 bridgehead atoms. The quantitative estimate of drug-likeness (QED) is 0.887. The van der Waals surface area contributed by atoms with E-state index in [4.69, 9.17) is 11.6 Å². The van der Waals surface area contributed by atoms with Gasteiger partial charge >= 0.3 is 0 Å². The highest BCUT2D eigenvalue weighted by Crippen LogP contribution is 2.20. The Labute approximate surface area is 104 Å². The van der Waals surface area contributed by atoms with Gasteiger partial charge < -0.3 is 0 Å². The molecule has 1 aromatic heterocycles. The number of hydrogen-bond acceptors (Lipinski definition) is 2. The van der Waals surface area contributed by atoms with E-state index in [0.29, 0.717) is 10.6 Å². The Morgan fingerprint density at radius 3 is 2.47 bits per heavy atom. The summed E-state index contributed by atoms with van der Waals surface area (Å²) < 4.78 is 0. The third-order valence-corrected chi connectivity index (χ3v) is 2.82. The third-order valence-electron chi connectivity index (χ3n) is 2.57. The van der Waals surface area contributed by atoms with Gasteiger partial charge in [0.2, 0.25) is 0 Å². The van der Waals surface area contributed by atoms with E-state index in [0.717, 1.165) is 11.3 Å². The molecule has 0 aliphatic carbocycles. The third kappa shape index (κ3) is 2.56. The first-order valence-corrected chi connectivity index (χ1v) is 5.81. The van der Waals surface area contributed by atoms with Crippen molar-refractivity contribution in [3.05, 3.63) is 51.4 Å². The fraction of sp³-hybridized carbons (Fsp3) is 0.231. The van der Waals surface area contributed by atoms with Crippen molar-refractivity contribution in [2.75, 3.05) is 0 Å². The first-order valence-electron chi connectivity index (χ1n) is 5.43. The van der Waals surface area contributed by atoms with Crippen LogP contribution in [0.3, 0.4) is 0 Å². The Kier molecular flexibility index (Phi) is 3.29. The van der Waals surface area contributed by atoms with Crippen molar-refractivity contribution in [3.63, 3.8) is 0 Å². The molecule has 0 aliphatic rings. The van der Waals surface area contributed by atoms with Crippen LogP contribution in [0.4, 0.5) is 0 Å². The predicted octanol–water partition coefficient (Wildman–Crippen LogP) is 3.21. The fourth-order valence-corrected chi connectivity index (χ4v) is 1.69. The molecule has 1 heterocycles. The van der Waals surface area contributed by atoms with E-state index in [1.165, 1.54) is 0 Å². The topological polar surface area (TPSA) is 45.8 Å². The highest BCUT2D eigenvalue weighted by molar-refractivity contribution is 6.30. The van der Waals surface area contributed by atoms with Crippen molar-refractivity contribution in [2.24, 2.45) is 0 Å². The van der Waals surface area contributed by atoms with Crippen LogP contribution in [0.2, 0.25) is 5.02 Å². The van der Waals surface area contributed by atoms with Crippen LogP contribution >= 0.6 is 11.6 Å². The zero-order chi connectivity index (χ0) is 12.4. The minimum Gasteiger partial charge on any atom is -0.267 e. The van der Waals surface area contributed by atoms with Crippen LogP contribution in [0.1, 0.15) is 25.5 Å². The Bertz CT molecular complexity index is 573. The average Bonchev–Trinajstić information content (AvgIpc) is 2.31. The summed E-state index contributed by atoms with van der Waals surface area (Å²) in [6.07, 6.45) is 0. The van der Waals surface area contributed by atoms with Gasteiger partial charge in [-0.3, -0.25) is 4.79 Å². The van der Waals surface area contributed by atoms with Crippen LogP contribution in [0.5, 0.6) is 0 Å². The van der Waals surface area contributed by atoms with E-state index in [2.05, 4.69) is 10.2 Å². The van der Waals surface area contributed by atoms with Gasteiger partial charge in [-0.25, -0.2) is 5.10 Å². The molecule has 2 aromatic rings. The van der Waals surface area contributed by atoms with Gasteiger partial charge in [-0.05, 0) is 29.7 Å². The molecule has 4 heteroatoms. The summed E-state index contributed by atoms with van der Waals surface area (Å²) in [5, 5.41) is 7.20. The van der Waals surface area contributed by atoms with Gasteiger partial charge in [0.1, 0.15) is 0 Å². The van der Waals surface area contributed by atoms with E-state index in [1.807, 2.05) is 32.0 Å². The summed E-state index contributed by atoms with van der Waals surface area (Å²) in [4.78, 5) is 11.7. The second-order valence-corrected chi connectivity index (χ2v) is 4.63. The number of halogens is 1. The molecule has 0 atom stereocenters. The number of nitrogens with one attached hydrogen (secondary N) is 1. The molecule has 1 aromatic carbocycles. The number of aromatic amines is 1. The lowest BCUT2D eigenvalue weighted by Crippen LogP contribution is -2.13. The van der Waals surface area contributed by atoms with Crippen molar-refractivity contribution < 1.29 is 0 Å². The number of benzene rings is 1. The molecule has 0 aliphatic heterocycles. The van der Waals surface area contributed by atoms with E-state index in [9.17, 15) is 4.79 Å². The summed E-state index contributed by atoms with van der Waals surface area (Å²) in [7, 11) is 0. The number of H-pyrrole nitrogens is 1. The van der Waals surface area contributed by atoms with E-state index < -0.39 is 0 Å². The molecule has 0 saturated carbocycles. The Morgan fingerprint density at radius 1 is 1.24 bits per heavy atom. The van der Waals surface area contributed by atoms with Crippen molar-refractivity contribution in [1.29, 1.82) is 0 Å². The molecule has 1 N–H and O–H groups in total. The summed E-state index contributed by atoms with van der Waals surface area (Å²) >= 11 is 5.82. The zero-order valence-corrected chi connectivity index (χ0v) is 10.5. The SMILES string of the molecule is CC(C)c1cc(-c2ccc(Cl)cc2)c(=O)[nH]n1. The lowest BCUT2D eigenvalue weighted by Gasteiger charge is -2.06. The van der Waals surface area contributed by atoms with Crippen molar-refractivity contribution in [2.45, 2.75) is 19.8 Å². The maximum atomic E-state index is 11.7. The van der Waals surface area contributed by atoms with Crippen LogP contribution in [0.15, 0.2) is 35.1 Å². The van der Waals surface area contributed by atoms with Gasteiger partial charge in [-0.1, -0.05) is 37.6 Å². The second-order valence-electron chi connectivity index (χ2n) is 4.20. The molecule has 88 valence electrons. The summed E-state index contributed by atoms with van der Waals surface area (Å²) in [6, 6.07) is 9.03. The lowest BCUT2D eigenvalue weighted by molar-refractivity contribution is 0.778. The van der Waals surface area contributed by atoms with Gasteiger partial charge in [0.15, 0.2) is 0 Å². The van der Waals surface area contributed by atoms with Gasteiger partial charge in [-0.15, -0.1) is 0 Å². The predicted molar refractivity (Wildman–Crippen MR) is 69.4 cm³/mol. The van der Waals surface area contributed by atoms with Gasteiger partial charge in [0, 0.05) is 5.02 Å². The van der Waals surface area contributed by atoms with Crippen LogP contribution in [-0.4, -0.2) is 10.2 Å². The van der Waals surface area contributed by atoms with Gasteiger partial charge in [0.05, 0.1) is 11.3 Å². The highest BCUT2D eigenvalue weighted by atomic mass is 35.5. The van der Waals surface area contributed by atoms with Crippen LogP contribution in [0, 0.1) is 0 Å². The summed E-state index contributed by atoms with van der Waals surface area (Å²) in [5.74, 6) is 0.276. The van der Waals surface area contributed by atoms with Crippen molar-refractivity contribution in [3.8, 4) is 11.1 Å². The van der Waals surface area contributed by atoms with E-state index in [-0.39, 0.29) is 11.5 Å². The zero-order valence-electron chi connectivity index (χ0n) is 9.70. The minimum atomic E-state index is -0.184. The average molecular weight is 249 g/mol. The van der Waals surface area contributed by atoms with Crippen molar-refractivity contribution >= 4 is 11.6 Å². The Balaban J connectivity index is 2.54. The molecule has 0 radical (unpaired) electrons. The number of aromatic nitrogens is 2. The van der Waals surface area contributed by atoms with E-state index in [1.54, 1.807) is 12.1 Å². The summed E-state index contributed by atoms with van der Waals surface area (Å²) in [5.41, 5.74) is 2.16. The second kappa shape index (κ2) is 4.72. The van der Waals surface area contributed by atoms with Gasteiger partial charge in [0.25, 0.3) is 5.56 Å². The molecule has 17 heavy (non-hydrogen) atoms. The summed E-state index contributed by atoms with van der Waals surface area (Å²) in [6.45, 7) is 4.07. The van der Waals surface area contributed by atoms with Gasteiger partial charge in [-0.2, -0.15) is 5.10 Å². The molecular weight excluding hydrogens is 236 g/mol. The molecule has 0 fully saturated rings. The fourth-order valence-electron chi connectivity index (χ4n) is 1.56. The first-order chi connectivity index (χ1) is 8.08. The normalized spacial score (nSPS) is 10.8. The molecule has 0 amide bonds. The number of nitrogens with zero attached hydrogens (tertiary/aromatic N) is 1. The lowest BCUT2D eigenvalue weighted by atomic mass is 10.0. The standard InChI is InChI=1S/C13H13ClN2O/c1-8(2)12-7-11(13(17)16-15-12)9-3-5-10(14)6-4-9/h3-8H,1-2H3,(H,16,17). The highest BCUT2D eigenvalue weighted by Gasteiger charge is 2.08. The van der Waals surface area contributed by atoms with Crippen LogP contribution < -0.4 is 5.56 Å². The largest absolute Gasteiger partial charge is 0.272 e. The maximum absolute atomic E-state index is 11.7. The molecular formula is C13H13ClN2O. The first kappa shape index (κ1) is 11.9. The maximum Gasteiger partial charge on any atom is 0.272 e. The smallest absolute Gasteiger partial charge is 0.267 e. The Morgan fingerprint density at radius 2 is 1.88 bits per heavy atom. The monoisotopic (exact) mass is 248 g/mol. The molecule has 3 nitrogen and oxygen atoms in total. The number of rotatable bonds is 2. The number of hydrogen-bond donors (Lipinski definition) is 1. The van der Waals surface area contributed by atoms with E-state index >= 15 is 0 Å². The van der Waals surface area contributed by atoms with Crippen LogP contribution in [0.25, 0.3) is 11.1 Å². The van der Waals surface area contributed by atoms with Crippen LogP contribution in [-0.2, 0) is 0 Å². The molecule has 0 unspecified atom stereocenters. The Hall–Kier alpha value is -1.61.